The molecule has 0 spiro atoms. The van der Waals surface area contributed by atoms with Crippen molar-refractivity contribution in [1.29, 1.82) is 0 Å². The number of aromatic nitrogens is 1. The largest absolute Gasteiger partial charge is 0.476 e. The Bertz CT molecular complexity index is 626. The SMILES string of the molecule is O=C(O)c1ncccc1NC(=O)C1CCS(=O)(=O)C1. The monoisotopic (exact) mass is 284 g/mol. The topological polar surface area (TPSA) is 113 Å². The molecule has 8 heteroatoms. The van der Waals surface area contributed by atoms with Gasteiger partial charge in [-0.15, -0.1) is 0 Å². The van der Waals surface area contributed by atoms with Crippen molar-refractivity contribution < 1.29 is 23.1 Å². The van der Waals surface area contributed by atoms with Gasteiger partial charge < -0.3 is 10.4 Å². The molecule has 2 N–H and O–H groups in total. The fourth-order valence-electron chi connectivity index (χ4n) is 1.91. The predicted octanol–water partition coefficient (Wildman–Crippen LogP) is 0.153. The quantitative estimate of drug-likeness (QED) is 0.817. The van der Waals surface area contributed by atoms with Crippen LogP contribution in [-0.4, -0.2) is 41.9 Å². The van der Waals surface area contributed by atoms with Crippen LogP contribution in [0, 0.1) is 5.92 Å². The first-order valence-electron chi connectivity index (χ1n) is 5.58. The molecule has 1 aromatic rings. The molecule has 1 aliphatic heterocycles. The van der Waals surface area contributed by atoms with Crippen LogP contribution in [0.2, 0.25) is 0 Å². The molecule has 0 aliphatic carbocycles. The van der Waals surface area contributed by atoms with Crippen LogP contribution in [-0.2, 0) is 14.6 Å². The highest BCUT2D eigenvalue weighted by atomic mass is 32.2. The Morgan fingerprint density at radius 1 is 1.42 bits per heavy atom. The van der Waals surface area contributed by atoms with Gasteiger partial charge in [0.2, 0.25) is 5.91 Å². The molecule has 102 valence electrons. The molecule has 1 unspecified atom stereocenters. The number of aromatic carboxylic acids is 1. The van der Waals surface area contributed by atoms with Gasteiger partial charge in [0.15, 0.2) is 15.5 Å². The Balaban J connectivity index is 2.14. The molecule has 1 amide bonds. The number of carboxylic acid groups (broad SMARTS) is 1. The minimum atomic E-state index is -3.15. The van der Waals surface area contributed by atoms with Crippen molar-refractivity contribution in [2.24, 2.45) is 5.92 Å². The maximum absolute atomic E-state index is 11.9. The van der Waals surface area contributed by atoms with Gasteiger partial charge in [-0.2, -0.15) is 0 Å². The minimum Gasteiger partial charge on any atom is -0.476 e. The van der Waals surface area contributed by atoms with Crippen molar-refractivity contribution in [3.8, 4) is 0 Å². The van der Waals surface area contributed by atoms with E-state index >= 15 is 0 Å². The number of sulfone groups is 1. The molecule has 2 rings (SSSR count). The van der Waals surface area contributed by atoms with Gasteiger partial charge in [0.25, 0.3) is 0 Å². The van der Waals surface area contributed by atoms with E-state index in [0.717, 1.165) is 0 Å². The summed E-state index contributed by atoms with van der Waals surface area (Å²) < 4.78 is 22.6. The third-order valence-electron chi connectivity index (χ3n) is 2.87. The Morgan fingerprint density at radius 3 is 2.74 bits per heavy atom. The Labute approximate surface area is 109 Å². The highest BCUT2D eigenvalue weighted by Crippen LogP contribution is 2.21. The third-order valence-corrected chi connectivity index (χ3v) is 4.64. The van der Waals surface area contributed by atoms with Gasteiger partial charge in [0.1, 0.15) is 0 Å². The number of hydrogen-bond donors (Lipinski definition) is 2. The van der Waals surface area contributed by atoms with Crippen LogP contribution in [0.4, 0.5) is 5.69 Å². The molecule has 0 radical (unpaired) electrons. The molecule has 1 atom stereocenters. The number of rotatable bonds is 3. The van der Waals surface area contributed by atoms with Crippen molar-refractivity contribution in [2.45, 2.75) is 6.42 Å². The fourth-order valence-corrected chi connectivity index (χ4v) is 3.65. The highest BCUT2D eigenvalue weighted by molar-refractivity contribution is 7.91. The maximum atomic E-state index is 11.9. The van der Waals surface area contributed by atoms with Crippen LogP contribution in [0.5, 0.6) is 0 Å². The first-order valence-corrected chi connectivity index (χ1v) is 7.41. The van der Waals surface area contributed by atoms with E-state index in [0.29, 0.717) is 0 Å². The number of pyridine rings is 1. The van der Waals surface area contributed by atoms with Crippen LogP contribution in [0.3, 0.4) is 0 Å². The molecule has 0 aromatic carbocycles. The summed E-state index contributed by atoms with van der Waals surface area (Å²) in [6.07, 6.45) is 1.57. The number of nitrogens with zero attached hydrogens (tertiary/aromatic N) is 1. The molecule has 1 fully saturated rings. The van der Waals surface area contributed by atoms with Crippen molar-refractivity contribution >= 4 is 27.4 Å². The number of carbonyl (C=O) groups is 2. The van der Waals surface area contributed by atoms with Crippen LogP contribution >= 0.6 is 0 Å². The van der Waals surface area contributed by atoms with Crippen molar-refractivity contribution in [3.63, 3.8) is 0 Å². The molecule has 0 saturated carbocycles. The summed E-state index contributed by atoms with van der Waals surface area (Å²) in [6, 6.07) is 2.91. The maximum Gasteiger partial charge on any atom is 0.356 e. The van der Waals surface area contributed by atoms with Gasteiger partial charge >= 0.3 is 5.97 Å². The zero-order valence-electron chi connectivity index (χ0n) is 9.87. The number of anilines is 1. The molecule has 1 aromatic heterocycles. The van der Waals surface area contributed by atoms with E-state index in [1.807, 2.05) is 0 Å². The summed E-state index contributed by atoms with van der Waals surface area (Å²) in [4.78, 5) is 26.5. The summed E-state index contributed by atoms with van der Waals surface area (Å²) in [5, 5.41) is 11.3. The Kier molecular flexibility index (Phi) is 3.52. The van der Waals surface area contributed by atoms with Gasteiger partial charge in [0.05, 0.1) is 23.1 Å². The average Bonchev–Trinajstić information content (AvgIpc) is 2.70. The van der Waals surface area contributed by atoms with E-state index < -0.39 is 27.6 Å². The van der Waals surface area contributed by atoms with Crippen molar-refractivity contribution in [3.05, 3.63) is 24.0 Å². The fraction of sp³-hybridized carbons (Fsp3) is 0.364. The standard InChI is InChI=1S/C11H12N2O5S/c14-10(7-3-5-19(17,18)6-7)13-8-2-1-4-12-9(8)11(15)16/h1-2,4,7H,3,5-6H2,(H,13,14)(H,15,16). The summed E-state index contributed by atoms with van der Waals surface area (Å²) >= 11 is 0. The van der Waals surface area contributed by atoms with Gasteiger partial charge in [-0.05, 0) is 18.6 Å². The number of hydrogen-bond acceptors (Lipinski definition) is 5. The minimum absolute atomic E-state index is 0.0100. The van der Waals surface area contributed by atoms with Crippen molar-refractivity contribution in [2.75, 3.05) is 16.8 Å². The Hall–Kier alpha value is -1.96. The van der Waals surface area contributed by atoms with E-state index in [2.05, 4.69) is 10.3 Å². The molecular formula is C11H12N2O5S. The molecule has 7 nitrogen and oxygen atoms in total. The predicted molar refractivity (Wildman–Crippen MR) is 66.6 cm³/mol. The average molecular weight is 284 g/mol. The first-order chi connectivity index (χ1) is 8.89. The summed E-state index contributed by atoms with van der Waals surface area (Å²) in [5.41, 5.74) is -0.194. The van der Waals surface area contributed by atoms with Crippen LogP contribution < -0.4 is 5.32 Å². The summed E-state index contributed by atoms with van der Waals surface area (Å²) in [5.74, 6) is -2.58. The first kappa shape index (κ1) is 13.5. The Morgan fingerprint density at radius 2 is 2.16 bits per heavy atom. The molecule has 19 heavy (non-hydrogen) atoms. The van der Waals surface area contributed by atoms with E-state index in [1.165, 1.54) is 18.3 Å². The molecule has 2 heterocycles. The van der Waals surface area contributed by atoms with Crippen molar-refractivity contribution in [1.82, 2.24) is 4.98 Å². The van der Waals surface area contributed by atoms with Gasteiger partial charge in [-0.1, -0.05) is 0 Å². The van der Waals surface area contributed by atoms with E-state index in [9.17, 15) is 18.0 Å². The van der Waals surface area contributed by atoms with Crippen LogP contribution in [0.1, 0.15) is 16.9 Å². The summed E-state index contributed by atoms with van der Waals surface area (Å²) in [6.45, 7) is 0. The summed E-state index contributed by atoms with van der Waals surface area (Å²) in [7, 11) is -3.15. The lowest BCUT2D eigenvalue weighted by Crippen LogP contribution is -2.25. The lowest BCUT2D eigenvalue weighted by Gasteiger charge is -2.10. The lowest BCUT2D eigenvalue weighted by molar-refractivity contribution is -0.119. The smallest absolute Gasteiger partial charge is 0.356 e. The molecular weight excluding hydrogens is 272 g/mol. The zero-order chi connectivity index (χ0) is 14.0. The van der Waals surface area contributed by atoms with Gasteiger partial charge in [-0.25, -0.2) is 18.2 Å². The van der Waals surface area contributed by atoms with Gasteiger partial charge in [0, 0.05) is 6.20 Å². The second kappa shape index (κ2) is 4.96. The molecule has 1 aliphatic rings. The molecule has 1 saturated heterocycles. The van der Waals surface area contributed by atoms with Gasteiger partial charge in [-0.3, -0.25) is 4.79 Å². The second-order valence-electron chi connectivity index (χ2n) is 4.29. The zero-order valence-corrected chi connectivity index (χ0v) is 10.7. The van der Waals surface area contributed by atoms with E-state index in [-0.39, 0.29) is 29.3 Å². The van der Waals surface area contributed by atoms with E-state index in [4.69, 9.17) is 5.11 Å². The number of nitrogens with one attached hydrogen (secondary N) is 1. The number of carbonyl (C=O) groups excluding carboxylic acids is 1. The number of amides is 1. The van der Waals surface area contributed by atoms with Crippen LogP contribution in [0.15, 0.2) is 18.3 Å². The van der Waals surface area contributed by atoms with E-state index in [1.54, 1.807) is 0 Å². The third kappa shape index (κ3) is 3.08. The normalized spacial score (nSPS) is 20.9. The van der Waals surface area contributed by atoms with Crippen LogP contribution in [0.25, 0.3) is 0 Å². The number of carboxylic acids is 1. The molecule has 0 bridgehead atoms. The highest BCUT2D eigenvalue weighted by Gasteiger charge is 2.33. The second-order valence-corrected chi connectivity index (χ2v) is 6.52. The lowest BCUT2D eigenvalue weighted by atomic mass is 10.1.